The van der Waals surface area contributed by atoms with E-state index < -0.39 is 6.09 Å². The van der Waals surface area contributed by atoms with Crippen LogP contribution in [-0.2, 0) is 4.74 Å². The van der Waals surface area contributed by atoms with Crippen molar-refractivity contribution in [3.05, 3.63) is 71.5 Å². The van der Waals surface area contributed by atoms with Crippen molar-refractivity contribution >= 4 is 6.09 Å². The van der Waals surface area contributed by atoms with Gasteiger partial charge in [0.1, 0.15) is 12.3 Å². The summed E-state index contributed by atoms with van der Waals surface area (Å²) in [5, 5.41) is 11.3. The molecule has 3 aromatic rings. The highest BCUT2D eigenvalue weighted by Crippen LogP contribution is 2.44. The van der Waals surface area contributed by atoms with Crippen LogP contribution < -0.4 is 5.32 Å². The Morgan fingerprint density at radius 3 is 2.48 bits per heavy atom. The summed E-state index contributed by atoms with van der Waals surface area (Å²) < 4.78 is 7.47. The van der Waals surface area contributed by atoms with E-state index >= 15 is 0 Å². The van der Waals surface area contributed by atoms with Gasteiger partial charge in [0, 0.05) is 11.8 Å². The summed E-state index contributed by atoms with van der Waals surface area (Å²) in [6, 6.07) is 16.6. The second-order valence-corrected chi connectivity index (χ2v) is 8.30. The zero-order valence-corrected chi connectivity index (χ0v) is 17.4. The highest BCUT2D eigenvalue weighted by Gasteiger charge is 2.31. The Morgan fingerprint density at radius 1 is 1.19 bits per heavy atom. The topological polar surface area (TPSA) is 69.0 Å². The molecule has 1 amide bonds. The van der Waals surface area contributed by atoms with E-state index in [9.17, 15) is 4.79 Å². The number of alkyl carbamates (subject to hydrolysis) is 1. The lowest BCUT2D eigenvalue weighted by Crippen LogP contribution is -2.29. The van der Waals surface area contributed by atoms with Crippen LogP contribution in [0.2, 0.25) is 0 Å². The van der Waals surface area contributed by atoms with Crippen molar-refractivity contribution in [2.24, 2.45) is 5.92 Å². The van der Waals surface area contributed by atoms with Crippen molar-refractivity contribution in [2.45, 2.75) is 37.8 Å². The summed E-state index contributed by atoms with van der Waals surface area (Å²) in [6.07, 6.45) is 8.72. The zero-order valence-electron chi connectivity index (χ0n) is 17.4. The first-order chi connectivity index (χ1) is 15.1. The third kappa shape index (κ3) is 3.57. The number of carbonyl (C=O) groups excluding carboxylic acids is 1. The van der Waals surface area contributed by atoms with Crippen LogP contribution in [-0.4, -0.2) is 27.7 Å². The molecular formula is C25H24N4O2. The number of hydrogen-bond donors (Lipinski definition) is 1. The number of amides is 1. The first kappa shape index (κ1) is 19.4. The molecule has 1 N–H and O–H groups in total. The van der Waals surface area contributed by atoms with Gasteiger partial charge >= 0.3 is 6.09 Å². The maximum atomic E-state index is 12.5. The third-order valence-electron chi connectivity index (χ3n) is 6.37. The number of aromatic nitrogens is 3. The van der Waals surface area contributed by atoms with Crippen LogP contribution in [0.25, 0.3) is 11.1 Å². The van der Waals surface area contributed by atoms with E-state index in [4.69, 9.17) is 11.2 Å². The number of fused-ring (bicyclic) bond motifs is 3. The molecule has 1 saturated carbocycles. The van der Waals surface area contributed by atoms with Crippen molar-refractivity contribution < 1.29 is 9.53 Å². The maximum absolute atomic E-state index is 12.5. The molecular weight excluding hydrogens is 388 g/mol. The maximum Gasteiger partial charge on any atom is 0.407 e. The van der Waals surface area contributed by atoms with E-state index in [0.29, 0.717) is 17.7 Å². The van der Waals surface area contributed by atoms with E-state index in [-0.39, 0.29) is 18.6 Å². The van der Waals surface area contributed by atoms with Crippen LogP contribution in [0.1, 0.15) is 54.6 Å². The van der Waals surface area contributed by atoms with Gasteiger partial charge in [-0.1, -0.05) is 53.7 Å². The highest BCUT2D eigenvalue weighted by atomic mass is 16.5. The summed E-state index contributed by atoms with van der Waals surface area (Å²) in [5.74, 6) is 3.14. The lowest BCUT2D eigenvalue weighted by molar-refractivity contribution is 0.139. The van der Waals surface area contributed by atoms with Crippen LogP contribution in [0.3, 0.4) is 0 Å². The fraction of sp³-hybridized carbons (Fsp3) is 0.320. The van der Waals surface area contributed by atoms with Crippen LogP contribution in [0.15, 0.2) is 54.7 Å². The van der Waals surface area contributed by atoms with E-state index in [2.05, 4.69) is 45.8 Å². The average Bonchev–Trinajstić information content (AvgIpc) is 3.35. The van der Waals surface area contributed by atoms with Gasteiger partial charge in [-0.25, -0.2) is 9.48 Å². The van der Waals surface area contributed by atoms with Crippen LogP contribution in [0, 0.1) is 18.3 Å². The molecule has 1 atom stereocenters. The molecule has 1 unspecified atom stereocenters. The van der Waals surface area contributed by atoms with Crippen LogP contribution in [0.5, 0.6) is 0 Å². The highest BCUT2D eigenvalue weighted by molar-refractivity contribution is 5.79. The summed E-state index contributed by atoms with van der Waals surface area (Å²) in [7, 11) is 0. The Balaban J connectivity index is 1.20. The van der Waals surface area contributed by atoms with Gasteiger partial charge in [-0.2, -0.15) is 0 Å². The molecule has 156 valence electrons. The summed E-state index contributed by atoms with van der Waals surface area (Å²) in [4.78, 5) is 12.5. The lowest BCUT2D eigenvalue weighted by atomic mass is 9.81. The summed E-state index contributed by atoms with van der Waals surface area (Å²) in [6.45, 7) is 2.16. The van der Waals surface area contributed by atoms with E-state index in [1.165, 1.54) is 22.3 Å². The first-order valence-electron chi connectivity index (χ1n) is 10.6. The largest absolute Gasteiger partial charge is 0.449 e. The molecule has 0 saturated heterocycles. The van der Waals surface area contributed by atoms with Gasteiger partial charge in [0.15, 0.2) is 0 Å². The zero-order chi connectivity index (χ0) is 21.4. The normalized spacial score (nSPS) is 20.1. The molecule has 31 heavy (non-hydrogen) atoms. The number of hydrogen-bond acceptors (Lipinski definition) is 4. The molecule has 1 heterocycles. The quantitative estimate of drug-likeness (QED) is 0.628. The molecule has 0 spiro atoms. The monoisotopic (exact) mass is 412 g/mol. The molecule has 2 aromatic carbocycles. The lowest BCUT2D eigenvalue weighted by Gasteiger charge is -2.31. The van der Waals surface area contributed by atoms with Gasteiger partial charge in [-0.3, -0.25) is 0 Å². The molecule has 0 radical (unpaired) electrons. The number of nitrogens with one attached hydrogen (secondary N) is 1. The number of benzene rings is 2. The van der Waals surface area contributed by atoms with Crippen molar-refractivity contribution in [3.63, 3.8) is 0 Å². The standard InChI is InChI=1S/C25H24N4O2/c1-3-17-12-18(13-17)29-14-24(27-28-29)16(2)26-25(30)31-15-23-21-10-6-4-8-19(21)20-9-5-7-11-22(20)23/h1,4-11,14,16-18,23H,12-13,15H2,2H3,(H,26,30). The van der Waals surface area contributed by atoms with Gasteiger partial charge < -0.3 is 10.1 Å². The molecule has 5 rings (SSSR count). The van der Waals surface area contributed by atoms with Gasteiger partial charge in [0.05, 0.1) is 18.3 Å². The summed E-state index contributed by atoms with van der Waals surface area (Å²) >= 11 is 0. The van der Waals surface area contributed by atoms with Crippen LogP contribution >= 0.6 is 0 Å². The van der Waals surface area contributed by atoms with Crippen LogP contribution in [0.4, 0.5) is 4.79 Å². The Hall–Kier alpha value is -3.59. The Labute approximate surface area is 181 Å². The molecule has 1 aromatic heterocycles. The fourth-order valence-corrected chi connectivity index (χ4v) is 4.50. The average molecular weight is 412 g/mol. The van der Waals surface area contributed by atoms with Gasteiger partial charge in [0.25, 0.3) is 0 Å². The molecule has 0 bridgehead atoms. The third-order valence-corrected chi connectivity index (χ3v) is 6.37. The van der Waals surface area contributed by atoms with Crippen molar-refractivity contribution in [3.8, 4) is 23.5 Å². The van der Waals surface area contributed by atoms with Crippen molar-refractivity contribution in [1.29, 1.82) is 0 Å². The minimum Gasteiger partial charge on any atom is -0.449 e. The molecule has 1 fully saturated rings. The predicted molar refractivity (Wildman–Crippen MR) is 117 cm³/mol. The van der Waals surface area contributed by atoms with Crippen molar-refractivity contribution in [1.82, 2.24) is 20.3 Å². The van der Waals surface area contributed by atoms with E-state index in [0.717, 1.165) is 12.8 Å². The second kappa shape index (κ2) is 7.92. The Kier molecular flexibility index (Phi) is 4.95. The number of carbonyl (C=O) groups is 1. The Morgan fingerprint density at radius 2 is 1.84 bits per heavy atom. The second-order valence-electron chi connectivity index (χ2n) is 8.30. The molecule has 2 aliphatic rings. The van der Waals surface area contributed by atoms with Gasteiger partial charge in [-0.15, -0.1) is 17.4 Å². The predicted octanol–water partition coefficient (Wildman–Crippen LogP) is 4.46. The van der Waals surface area contributed by atoms with Crippen molar-refractivity contribution in [2.75, 3.05) is 6.61 Å². The summed E-state index contributed by atoms with van der Waals surface area (Å²) in [5.41, 5.74) is 5.51. The number of nitrogens with zero attached hydrogens (tertiary/aromatic N) is 3. The minimum atomic E-state index is -0.458. The molecule has 0 aliphatic heterocycles. The van der Waals surface area contributed by atoms with E-state index in [1.807, 2.05) is 42.1 Å². The molecule has 6 nitrogen and oxygen atoms in total. The molecule has 6 heteroatoms. The molecule has 2 aliphatic carbocycles. The Bertz CT molecular complexity index is 1110. The van der Waals surface area contributed by atoms with Gasteiger partial charge in [-0.05, 0) is 42.0 Å². The van der Waals surface area contributed by atoms with Gasteiger partial charge in [0.2, 0.25) is 0 Å². The fourth-order valence-electron chi connectivity index (χ4n) is 4.50. The number of rotatable bonds is 5. The smallest absolute Gasteiger partial charge is 0.407 e. The SMILES string of the molecule is C#CC1CC(n2cc(C(C)NC(=O)OCC3c4ccccc4-c4ccccc43)nn2)C1. The van der Waals surface area contributed by atoms with E-state index in [1.54, 1.807) is 0 Å². The minimum absolute atomic E-state index is 0.0389. The number of terminal acetylenes is 1. The first-order valence-corrected chi connectivity index (χ1v) is 10.6. The number of ether oxygens (including phenoxy) is 1.